The van der Waals surface area contributed by atoms with Crippen LogP contribution in [0.5, 0.6) is 0 Å². The van der Waals surface area contributed by atoms with Crippen LogP contribution in [0.1, 0.15) is 27.5 Å². The Labute approximate surface area is 123 Å². The highest BCUT2D eigenvalue weighted by molar-refractivity contribution is 9.11. The summed E-state index contributed by atoms with van der Waals surface area (Å²) in [5, 5.41) is 2.75. The lowest BCUT2D eigenvalue weighted by Gasteiger charge is -2.11. The van der Waals surface area contributed by atoms with Crippen LogP contribution in [0.15, 0.2) is 40.2 Å². The smallest absolute Gasteiger partial charge is 0.265 e. The van der Waals surface area contributed by atoms with E-state index in [1.165, 1.54) is 11.3 Å². The number of benzene rings is 1. The van der Waals surface area contributed by atoms with Gasteiger partial charge in [0.25, 0.3) is 5.91 Å². The number of carbonyl (C=O) groups excluding carboxylic acids is 1. The van der Waals surface area contributed by atoms with E-state index in [9.17, 15) is 4.79 Å². The van der Waals surface area contributed by atoms with Crippen molar-refractivity contribution < 1.29 is 4.79 Å². The number of nitrogens with one attached hydrogen (secondary N) is 1. The van der Waals surface area contributed by atoms with E-state index in [0.717, 1.165) is 15.0 Å². The minimum absolute atomic E-state index is 0.115. The molecule has 1 atom stereocenters. The summed E-state index contributed by atoms with van der Waals surface area (Å²) in [5.74, 6) is -0.115. The highest BCUT2D eigenvalue weighted by atomic mass is 79.9. The van der Waals surface area contributed by atoms with Crippen LogP contribution in [0.4, 0.5) is 5.69 Å². The molecule has 0 fully saturated rings. The fraction of sp³-hybridized carbons (Fsp3) is 0.154. The van der Waals surface area contributed by atoms with Crippen molar-refractivity contribution in [1.82, 2.24) is 0 Å². The third-order valence-electron chi connectivity index (χ3n) is 2.43. The molecule has 5 heteroatoms. The lowest BCUT2D eigenvalue weighted by molar-refractivity contribution is 0.103. The number of halogens is 2. The molecule has 0 radical (unpaired) electrons. The highest BCUT2D eigenvalue weighted by Gasteiger charge is 2.12. The molecule has 1 amide bonds. The first-order valence-electron chi connectivity index (χ1n) is 5.37. The van der Waals surface area contributed by atoms with Crippen LogP contribution in [0, 0.1) is 0 Å². The van der Waals surface area contributed by atoms with Gasteiger partial charge in [-0.2, -0.15) is 0 Å². The molecule has 2 aromatic rings. The summed E-state index contributed by atoms with van der Waals surface area (Å²) in [6, 6.07) is 11.2. The summed E-state index contributed by atoms with van der Waals surface area (Å²) in [6.45, 7) is 1.88. The molecule has 0 aliphatic carbocycles. The molecule has 1 N–H and O–H groups in total. The topological polar surface area (TPSA) is 29.1 Å². The van der Waals surface area contributed by atoms with Gasteiger partial charge >= 0.3 is 0 Å². The zero-order chi connectivity index (χ0) is 13.1. The molecule has 1 aromatic heterocycles. The maximum atomic E-state index is 12.0. The van der Waals surface area contributed by atoms with Crippen LogP contribution in [0.25, 0.3) is 0 Å². The second kappa shape index (κ2) is 5.87. The Kier molecular flexibility index (Phi) is 4.43. The summed E-state index contributed by atoms with van der Waals surface area (Å²) >= 11 is 10.8. The third kappa shape index (κ3) is 3.13. The van der Waals surface area contributed by atoms with Gasteiger partial charge in [0, 0.05) is 5.69 Å². The van der Waals surface area contributed by atoms with Gasteiger partial charge in [-0.3, -0.25) is 4.79 Å². The Morgan fingerprint density at radius 3 is 2.67 bits per heavy atom. The third-order valence-corrected chi connectivity index (χ3v) is 4.29. The molecule has 2 rings (SSSR count). The Morgan fingerprint density at radius 1 is 1.33 bits per heavy atom. The number of thiophene rings is 1. The summed E-state index contributed by atoms with van der Waals surface area (Å²) in [7, 11) is 0. The predicted molar refractivity (Wildman–Crippen MR) is 80.7 cm³/mol. The monoisotopic (exact) mass is 343 g/mol. The summed E-state index contributed by atoms with van der Waals surface area (Å²) in [6.07, 6.45) is 0. The SMILES string of the molecule is CC(Cl)c1ccccc1NC(=O)c1ccc(Br)s1. The van der Waals surface area contributed by atoms with E-state index < -0.39 is 0 Å². The first kappa shape index (κ1) is 13.6. The molecule has 1 aromatic carbocycles. The van der Waals surface area contributed by atoms with Crippen LogP contribution in [0.2, 0.25) is 0 Å². The Morgan fingerprint density at radius 2 is 2.06 bits per heavy atom. The number of carbonyl (C=O) groups is 1. The number of alkyl halides is 1. The number of hydrogen-bond donors (Lipinski definition) is 1. The molecule has 18 heavy (non-hydrogen) atoms. The predicted octanol–water partition coefficient (Wildman–Crippen LogP) is 5.06. The average Bonchev–Trinajstić information content (AvgIpc) is 2.76. The van der Waals surface area contributed by atoms with Gasteiger partial charge in [0.15, 0.2) is 0 Å². The van der Waals surface area contributed by atoms with Gasteiger partial charge in [-0.15, -0.1) is 22.9 Å². The molecule has 1 heterocycles. The molecule has 0 aliphatic rings. The summed E-state index contributed by atoms with van der Waals surface area (Å²) in [5.41, 5.74) is 1.68. The second-order valence-corrected chi connectivity index (χ2v) is 6.88. The van der Waals surface area contributed by atoms with Gasteiger partial charge in [0.1, 0.15) is 0 Å². The van der Waals surface area contributed by atoms with Crippen LogP contribution < -0.4 is 5.32 Å². The lowest BCUT2D eigenvalue weighted by Crippen LogP contribution is -2.11. The maximum Gasteiger partial charge on any atom is 0.265 e. The van der Waals surface area contributed by atoms with E-state index in [1.807, 2.05) is 37.3 Å². The van der Waals surface area contributed by atoms with E-state index in [4.69, 9.17) is 11.6 Å². The number of hydrogen-bond acceptors (Lipinski definition) is 2. The van der Waals surface area contributed by atoms with Gasteiger partial charge < -0.3 is 5.32 Å². The van der Waals surface area contributed by atoms with Gasteiger partial charge in [0.05, 0.1) is 14.0 Å². The van der Waals surface area contributed by atoms with Crippen LogP contribution in [0.3, 0.4) is 0 Å². The van der Waals surface area contributed by atoms with Crippen LogP contribution in [-0.4, -0.2) is 5.91 Å². The van der Waals surface area contributed by atoms with Crippen molar-refractivity contribution in [1.29, 1.82) is 0 Å². The first-order chi connectivity index (χ1) is 8.58. The Balaban J connectivity index is 2.22. The Hall–Kier alpha value is -0.840. The number of para-hydroxylation sites is 1. The molecular formula is C13H11BrClNOS. The quantitative estimate of drug-likeness (QED) is 0.774. The van der Waals surface area contributed by atoms with Crippen molar-refractivity contribution in [2.24, 2.45) is 0 Å². The fourth-order valence-electron chi connectivity index (χ4n) is 1.58. The van der Waals surface area contributed by atoms with Crippen LogP contribution >= 0.6 is 38.9 Å². The maximum absolute atomic E-state index is 12.0. The largest absolute Gasteiger partial charge is 0.321 e. The van der Waals surface area contributed by atoms with E-state index in [0.29, 0.717) is 4.88 Å². The normalized spacial score (nSPS) is 12.2. The minimum Gasteiger partial charge on any atom is -0.321 e. The lowest BCUT2D eigenvalue weighted by atomic mass is 10.1. The zero-order valence-corrected chi connectivity index (χ0v) is 12.8. The first-order valence-corrected chi connectivity index (χ1v) is 7.42. The molecule has 94 valence electrons. The van der Waals surface area contributed by atoms with Gasteiger partial charge in [-0.1, -0.05) is 18.2 Å². The molecule has 1 unspecified atom stereocenters. The summed E-state index contributed by atoms with van der Waals surface area (Å²) < 4.78 is 0.937. The van der Waals surface area contributed by atoms with Crippen LogP contribution in [-0.2, 0) is 0 Å². The molecule has 0 saturated carbocycles. The van der Waals surface area contributed by atoms with E-state index >= 15 is 0 Å². The van der Waals surface area contributed by atoms with Crippen molar-refractivity contribution >= 4 is 50.5 Å². The molecule has 0 bridgehead atoms. The van der Waals surface area contributed by atoms with E-state index in [2.05, 4.69) is 21.2 Å². The van der Waals surface area contributed by atoms with Crippen molar-refractivity contribution in [3.05, 3.63) is 50.6 Å². The fourth-order valence-corrected chi connectivity index (χ4v) is 3.05. The second-order valence-electron chi connectivity index (χ2n) is 3.76. The standard InChI is InChI=1S/C13H11BrClNOS/c1-8(15)9-4-2-3-5-10(9)16-13(17)11-6-7-12(14)18-11/h2-8H,1H3,(H,16,17). The molecule has 0 aliphatic heterocycles. The van der Waals surface area contributed by atoms with Crippen molar-refractivity contribution in [2.75, 3.05) is 5.32 Å². The van der Waals surface area contributed by atoms with Gasteiger partial charge in [0.2, 0.25) is 0 Å². The van der Waals surface area contributed by atoms with Crippen molar-refractivity contribution in [3.8, 4) is 0 Å². The van der Waals surface area contributed by atoms with Crippen molar-refractivity contribution in [3.63, 3.8) is 0 Å². The number of rotatable bonds is 3. The number of anilines is 1. The molecule has 0 saturated heterocycles. The Bertz CT molecular complexity index is 568. The van der Waals surface area contributed by atoms with Crippen molar-refractivity contribution in [2.45, 2.75) is 12.3 Å². The minimum atomic E-state index is -0.142. The molecular weight excluding hydrogens is 334 g/mol. The van der Waals surface area contributed by atoms with Gasteiger partial charge in [-0.25, -0.2) is 0 Å². The highest BCUT2D eigenvalue weighted by Crippen LogP contribution is 2.28. The summed E-state index contributed by atoms with van der Waals surface area (Å²) in [4.78, 5) is 12.7. The average molecular weight is 345 g/mol. The van der Waals surface area contributed by atoms with Gasteiger partial charge in [-0.05, 0) is 46.6 Å². The molecule has 0 spiro atoms. The number of amides is 1. The van der Waals surface area contributed by atoms with E-state index in [1.54, 1.807) is 6.07 Å². The molecule has 2 nitrogen and oxygen atoms in total. The zero-order valence-electron chi connectivity index (χ0n) is 9.61. The van der Waals surface area contributed by atoms with E-state index in [-0.39, 0.29) is 11.3 Å².